The van der Waals surface area contributed by atoms with E-state index in [1.807, 2.05) is 0 Å². The Labute approximate surface area is 182 Å². The highest BCUT2D eigenvalue weighted by Gasteiger charge is 2.00. The number of nitrogens with zero attached hydrogens (tertiary/aromatic N) is 1. The van der Waals surface area contributed by atoms with Gasteiger partial charge in [0.2, 0.25) is 0 Å². The highest BCUT2D eigenvalue weighted by atomic mass is 35.5. The van der Waals surface area contributed by atoms with Crippen LogP contribution in [0.4, 0.5) is 0 Å². The predicted molar refractivity (Wildman–Crippen MR) is 120 cm³/mol. The van der Waals surface area contributed by atoms with E-state index >= 15 is 0 Å². The summed E-state index contributed by atoms with van der Waals surface area (Å²) < 4.78 is 2.34. The Morgan fingerprint density at radius 2 is 1.14 bits per heavy atom. The zero-order chi connectivity index (χ0) is 19.4. The Kier molecular flexibility index (Phi) is 20.3. The Balaban J connectivity index is 0.00000729. The van der Waals surface area contributed by atoms with Crippen molar-refractivity contribution in [2.24, 2.45) is 0 Å². The van der Waals surface area contributed by atoms with Gasteiger partial charge >= 0.3 is 0 Å². The van der Waals surface area contributed by atoms with Crippen LogP contribution in [0, 0.1) is 0 Å². The van der Waals surface area contributed by atoms with Crippen molar-refractivity contribution in [2.75, 3.05) is 0 Å². The lowest BCUT2D eigenvalue weighted by Crippen LogP contribution is -3.00. The topological polar surface area (TPSA) is 3.88 Å². The molecule has 162 valence electrons. The van der Waals surface area contributed by atoms with Crippen molar-refractivity contribution in [3.05, 3.63) is 42.2 Å². The molecule has 0 bridgehead atoms. The molecule has 1 rings (SSSR count). The number of pyridine rings is 1. The fraction of sp³-hybridized carbons (Fsp3) is 0.731. The maximum atomic E-state index is 2.42. The number of rotatable bonds is 18. The Hall–Kier alpha value is -0.820. The molecular weight excluding hydrogens is 362 g/mol. The summed E-state index contributed by atoms with van der Waals surface area (Å²) in [7, 11) is 0. The third-order valence-electron chi connectivity index (χ3n) is 5.43. The van der Waals surface area contributed by atoms with E-state index in [1.54, 1.807) is 0 Å². The fourth-order valence-corrected chi connectivity index (χ4v) is 3.63. The smallest absolute Gasteiger partial charge is 0.169 e. The number of halogens is 1. The van der Waals surface area contributed by atoms with Crippen LogP contribution in [0.15, 0.2) is 36.7 Å². The van der Waals surface area contributed by atoms with Gasteiger partial charge in [-0.1, -0.05) is 83.8 Å². The van der Waals surface area contributed by atoms with Crippen LogP contribution < -0.4 is 17.0 Å². The molecule has 28 heavy (non-hydrogen) atoms. The largest absolute Gasteiger partial charge is 1.00 e. The molecule has 0 aliphatic heterocycles. The summed E-state index contributed by atoms with van der Waals surface area (Å²) in [5, 5.41) is 0. The summed E-state index contributed by atoms with van der Waals surface area (Å²) in [5.41, 5.74) is 1.47. The molecule has 0 saturated carbocycles. The number of unbranched alkanes of at least 4 members (excludes halogenated alkanes) is 12. The first kappa shape index (κ1) is 27.2. The Morgan fingerprint density at radius 3 is 1.68 bits per heavy atom. The van der Waals surface area contributed by atoms with Crippen LogP contribution >= 0.6 is 0 Å². The molecule has 0 saturated heterocycles. The van der Waals surface area contributed by atoms with Crippen molar-refractivity contribution < 1.29 is 17.0 Å². The van der Waals surface area contributed by atoms with Crippen LogP contribution in [0.25, 0.3) is 0 Å². The molecule has 1 aromatic heterocycles. The average molecular weight is 408 g/mol. The normalized spacial score (nSPS) is 11.1. The van der Waals surface area contributed by atoms with E-state index in [0.29, 0.717) is 0 Å². The van der Waals surface area contributed by atoms with E-state index < -0.39 is 0 Å². The molecule has 0 aromatic carbocycles. The molecule has 1 aromatic rings. The van der Waals surface area contributed by atoms with Crippen molar-refractivity contribution in [3.63, 3.8) is 0 Å². The molecular formula is C26H46ClN. The number of hydrogen-bond acceptors (Lipinski definition) is 0. The van der Waals surface area contributed by atoms with Gasteiger partial charge in [0.1, 0.15) is 6.54 Å². The number of allylic oxidation sites excluding steroid dienone is 2. The van der Waals surface area contributed by atoms with E-state index in [4.69, 9.17) is 0 Å². The second-order valence-electron chi connectivity index (χ2n) is 8.13. The van der Waals surface area contributed by atoms with Gasteiger partial charge in [0.15, 0.2) is 12.4 Å². The monoisotopic (exact) mass is 407 g/mol. The van der Waals surface area contributed by atoms with Crippen LogP contribution in [-0.2, 0) is 13.0 Å². The van der Waals surface area contributed by atoms with E-state index in [9.17, 15) is 0 Å². The first-order chi connectivity index (χ1) is 13.4. The van der Waals surface area contributed by atoms with Gasteiger partial charge in [0.05, 0.1) is 0 Å². The number of aryl methyl sites for hydroxylation is 2. The minimum atomic E-state index is 0. The molecule has 1 nitrogen and oxygen atoms in total. The second-order valence-corrected chi connectivity index (χ2v) is 8.13. The maximum Gasteiger partial charge on any atom is 0.169 e. The molecule has 0 fully saturated rings. The summed E-state index contributed by atoms with van der Waals surface area (Å²) in [5.74, 6) is 0. The standard InChI is InChI=1S/C26H46N.ClH/c1-3-5-6-7-8-9-10-11-12-13-14-15-16-17-18-19-23-27-24-21-26(20-4-2)22-25-27;/h11-12,21-22,24-25H,3-10,13-20,23H2,1-2H3;1H/q+1;/p-1/b12-11-;. The first-order valence-corrected chi connectivity index (χ1v) is 12.0. The summed E-state index contributed by atoms with van der Waals surface area (Å²) >= 11 is 0. The molecule has 0 radical (unpaired) electrons. The van der Waals surface area contributed by atoms with Gasteiger partial charge in [-0.3, -0.25) is 0 Å². The van der Waals surface area contributed by atoms with Gasteiger partial charge in [-0.25, -0.2) is 4.57 Å². The maximum absolute atomic E-state index is 2.42. The van der Waals surface area contributed by atoms with Crippen LogP contribution in [-0.4, -0.2) is 0 Å². The quantitative estimate of drug-likeness (QED) is 0.184. The van der Waals surface area contributed by atoms with Gasteiger partial charge < -0.3 is 12.4 Å². The van der Waals surface area contributed by atoms with Crippen molar-refractivity contribution in [1.82, 2.24) is 0 Å². The predicted octanol–water partition coefficient (Wildman–Crippen LogP) is 4.97. The summed E-state index contributed by atoms with van der Waals surface area (Å²) in [6.07, 6.45) is 31.1. The van der Waals surface area contributed by atoms with E-state index in [1.165, 1.54) is 115 Å². The minimum absolute atomic E-state index is 0. The van der Waals surface area contributed by atoms with Crippen LogP contribution in [0.5, 0.6) is 0 Å². The molecule has 1 heterocycles. The molecule has 0 atom stereocenters. The highest BCUT2D eigenvalue weighted by Crippen LogP contribution is 2.10. The van der Waals surface area contributed by atoms with Crippen molar-refractivity contribution >= 4 is 0 Å². The van der Waals surface area contributed by atoms with Crippen molar-refractivity contribution in [2.45, 2.75) is 123 Å². The van der Waals surface area contributed by atoms with Crippen molar-refractivity contribution in [3.8, 4) is 0 Å². The zero-order valence-corrected chi connectivity index (χ0v) is 19.6. The lowest BCUT2D eigenvalue weighted by atomic mass is 10.1. The third kappa shape index (κ3) is 16.2. The summed E-state index contributed by atoms with van der Waals surface area (Å²) in [6, 6.07) is 4.56. The first-order valence-electron chi connectivity index (χ1n) is 12.0. The summed E-state index contributed by atoms with van der Waals surface area (Å²) in [6.45, 7) is 5.70. The number of hydrogen-bond donors (Lipinski definition) is 0. The van der Waals surface area contributed by atoms with E-state index in [-0.39, 0.29) is 12.4 Å². The lowest BCUT2D eigenvalue weighted by molar-refractivity contribution is -0.697. The lowest BCUT2D eigenvalue weighted by Gasteiger charge is -2.01. The zero-order valence-electron chi connectivity index (χ0n) is 18.8. The van der Waals surface area contributed by atoms with Gasteiger partial charge in [-0.05, 0) is 44.1 Å². The van der Waals surface area contributed by atoms with Crippen molar-refractivity contribution in [1.29, 1.82) is 0 Å². The molecule has 0 unspecified atom stereocenters. The van der Waals surface area contributed by atoms with Crippen LogP contribution in [0.2, 0.25) is 0 Å². The molecule has 2 heteroatoms. The fourth-order valence-electron chi connectivity index (χ4n) is 3.63. The molecule has 0 N–H and O–H groups in total. The average Bonchev–Trinajstić information content (AvgIpc) is 2.69. The SMILES string of the molecule is CCCCCCCC/C=C\CCCCCCCC[n+]1ccc(CCC)cc1.[Cl-]. The number of aromatic nitrogens is 1. The van der Waals surface area contributed by atoms with Gasteiger partial charge in [-0.15, -0.1) is 0 Å². The second kappa shape index (κ2) is 20.9. The Morgan fingerprint density at radius 1 is 0.643 bits per heavy atom. The molecule has 0 amide bonds. The van der Waals surface area contributed by atoms with Crippen LogP contribution in [0.3, 0.4) is 0 Å². The van der Waals surface area contributed by atoms with E-state index in [2.05, 4.69) is 55.1 Å². The van der Waals surface area contributed by atoms with Gasteiger partial charge in [0.25, 0.3) is 0 Å². The highest BCUT2D eigenvalue weighted by molar-refractivity contribution is 5.06. The Bertz CT molecular complexity index is 452. The molecule has 0 spiro atoms. The van der Waals surface area contributed by atoms with Gasteiger partial charge in [-0.2, -0.15) is 0 Å². The van der Waals surface area contributed by atoms with Gasteiger partial charge in [0, 0.05) is 18.6 Å². The van der Waals surface area contributed by atoms with Crippen LogP contribution in [0.1, 0.15) is 116 Å². The third-order valence-corrected chi connectivity index (χ3v) is 5.43. The molecule has 0 aliphatic rings. The minimum Gasteiger partial charge on any atom is -1.00 e. The molecule has 0 aliphatic carbocycles. The summed E-state index contributed by atoms with van der Waals surface area (Å²) in [4.78, 5) is 0. The van der Waals surface area contributed by atoms with E-state index in [0.717, 1.165) is 0 Å².